The summed E-state index contributed by atoms with van der Waals surface area (Å²) >= 11 is 0. The van der Waals surface area contributed by atoms with Crippen molar-refractivity contribution in [2.75, 3.05) is 0 Å². The van der Waals surface area contributed by atoms with Crippen molar-refractivity contribution in [3.8, 4) is 0 Å². The predicted molar refractivity (Wildman–Crippen MR) is 57.5 cm³/mol. The summed E-state index contributed by atoms with van der Waals surface area (Å²) in [4.78, 5) is 32.9. The van der Waals surface area contributed by atoms with E-state index in [1.54, 1.807) is 6.92 Å². The Kier molecular flexibility index (Phi) is 3.22. The van der Waals surface area contributed by atoms with Crippen molar-refractivity contribution in [3.63, 3.8) is 0 Å². The standard InChI is InChI=1S/C10H12N2O4/c1-6(8(3)13)11-7(2)9(12(15)16)4-5-10(11)14/h4-6H,1-3H3. The van der Waals surface area contributed by atoms with Crippen LogP contribution in [-0.2, 0) is 4.79 Å². The Hall–Kier alpha value is -1.98. The number of aromatic nitrogens is 1. The van der Waals surface area contributed by atoms with Crippen LogP contribution < -0.4 is 5.56 Å². The lowest BCUT2D eigenvalue weighted by molar-refractivity contribution is -0.386. The number of ketones is 1. The van der Waals surface area contributed by atoms with Crippen molar-refractivity contribution in [1.82, 2.24) is 4.57 Å². The number of nitrogens with zero attached hydrogens (tertiary/aromatic N) is 2. The van der Waals surface area contributed by atoms with E-state index in [1.165, 1.54) is 13.8 Å². The fourth-order valence-corrected chi connectivity index (χ4v) is 1.50. The Morgan fingerprint density at radius 3 is 2.50 bits per heavy atom. The van der Waals surface area contributed by atoms with Crippen LogP contribution in [0.2, 0.25) is 0 Å². The quantitative estimate of drug-likeness (QED) is 0.570. The normalized spacial score (nSPS) is 12.2. The van der Waals surface area contributed by atoms with Gasteiger partial charge in [0.05, 0.1) is 16.7 Å². The third kappa shape index (κ3) is 2.00. The molecule has 16 heavy (non-hydrogen) atoms. The lowest BCUT2D eigenvalue weighted by Crippen LogP contribution is -2.28. The van der Waals surface area contributed by atoms with Crippen LogP contribution in [0, 0.1) is 17.0 Å². The summed E-state index contributed by atoms with van der Waals surface area (Å²) in [6.07, 6.45) is 0. The second-order valence-corrected chi connectivity index (χ2v) is 3.56. The van der Waals surface area contributed by atoms with Gasteiger partial charge in [0.2, 0.25) is 0 Å². The average Bonchev–Trinajstić information content (AvgIpc) is 2.16. The average molecular weight is 224 g/mol. The number of hydrogen-bond acceptors (Lipinski definition) is 4. The van der Waals surface area contributed by atoms with Crippen molar-refractivity contribution in [2.24, 2.45) is 0 Å². The van der Waals surface area contributed by atoms with E-state index >= 15 is 0 Å². The summed E-state index contributed by atoms with van der Waals surface area (Å²) in [5.41, 5.74) is -0.376. The molecule has 0 radical (unpaired) electrons. The minimum atomic E-state index is -0.688. The highest BCUT2D eigenvalue weighted by Gasteiger charge is 2.20. The van der Waals surface area contributed by atoms with Crippen LogP contribution >= 0.6 is 0 Å². The highest BCUT2D eigenvalue weighted by atomic mass is 16.6. The first-order chi connectivity index (χ1) is 7.36. The fraction of sp³-hybridized carbons (Fsp3) is 0.400. The number of rotatable bonds is 3. The van der Waals surface area contributed by atoms with Gasteiger partial charge in [0.1, 0.15) is 0 Å². The molecule has 6 nitrogen and oxygen atoms in total. The molecule has 0 aliphatic rings. The molecule has 1 unspecified atom stereocenters. The third-order valence-corrected chi connectivity index (χ3v) is 2.53. The first kappa shape index (κ1) is 12.1. The van der Waals surface area contributed by atoms with Crippen LogP contribution in [0.5, 0.6) is 0 Å². The van der Waals surface area contributed by atoms with Crippen LogP contribution in [0.3, 0.4) is 0 Å². The van der Waals surface area contributed by atoms with E-state index in [0.717, 1.165) is 16.7 Å². The van der Waals surface area contributed by atoms with E-state index in [-0.39, 0.29) is 17.2 Å². The number of carbonyl (C=O) groups excluding carboxylic acids is 1. The van der Waals surface area contributed by atoms with Crippen molar-refractivity contribution >= 4 is 11.5 Å². The summed E-state index contributed by atoms with van der Waals surface area (Å²) in [6, 6.07) is 1.57. The molecular formula is C10H12N2O4. The Morgan fingerprint density at radius 1 is 1.50 bits per heavy atom. The monoisotopic (exact) mass is 224 g/mol. The Bertz CT molecular complexity index is 504. The predicted octanol–water partition coefficient (Wildman–Crippen LogP) is 1.21. The van der Waals surface area contributed by atoms with Gasteiger partial charge in [-0.25, -0.2) is 0 Å². The smallest absolute Gasteiger partial charge is 0.288 e. The Balaban J connectivity index is 3.49. The van der Waals surface area contributed by atoms with Gasteiger partial charge in [-0.05, 0) is 20.8 Å². The second-order valence-electron chi connectivity index (χ2n) is 3.56. The molecule has 0 amide bonds. The maximum absolute atomic E-state index is 11.5. The summed E-state index contributed by atoms with van der Waals surface area (Å²) in [7, 11) is 0. The summed E-state index contributed by atoms with van der Waals surface area (Å²) < 4.78 is 1.14. The molecule has 6 heteroatoms. The van der Waals surface area contributed by atoms with Crippen molar-refractivity contribution in [1.29, 1.82) is 0 Å². The fourth-order valence-electron chi connectivity index (χ4n) is 1.50. The van der Waals surface area contributed by atoms with Gasteiger partial charge >= 0.3 is 0 Å². The molecule has 0 saturated carbocycles. The van der Waals surface area contributed by atoms with Gasteiger partial charge < -0.3 is 0 Å². The molecule has 1 heterocycles. The highest BCUT2D eigenvalue weighted by Crippen LogP contribution is 2.18. The van der Waals surface area contributed by atoms with Crippen LogP contribution in [-0.4, -0.2) is 15.3 Å². The lowest BCUT2D eigenvalue weighted by atomic mass is 10.2. The molecule has 0 saturated heterocycles. The van der Waals surface area contributed by atoms with Crippen LogP contribution in [0.25, 0.3) is 0 Å². The van der Waals surface area contributed by atoms with Gasteiger partial charge in [0.15, 0.2) is 5.78 Å². The molecule has 0 aromatic carbocycles. The largest absolute Gasteiger partial charge is 0.298 e. The van der Waals surface area contributed by atoms with Gasteiger partial charge in [-0.15, -0.1) is 0 Å². The number of pyridine rings is 1. The molecule has 0 N–H and O–H groups in total. The van der Waals surface area contributed by atoms with Gasteiger partial charge in [-0.1, -0.05) is 0 Å². The minimum Gasteiger partial charge on any atom is -0.298 e. The zero-order valence-electron chi connectivity index (χ0n) is 9.26. The van der Waals surface area contributed by atoms with Gasteiger partial charge in [-0.2, -0.15) is 0 Å². The summed E-state index contributed by atoms with van der Waals surface area (Å²) in [5, 5.41) is 10.7. The molecule has 0 aliphatic heterocycles. The van der Waals surface area contributed by atoms with Crippen LogP contribution in [0.1, 0.15) is 25.6 Å². The molecule has 1 atom stereocenters. The highest BCUT2D eigenvalue weighted by molar-refractivity contribution is 5.79. The lowest BCUT2D eigenvalue weighted by Gasteiger charge is -2.14. The van der Waals surface area contributed by atoms with E-state index in [2.05, 4.69) is 0 Å². The second kappa shape index (κ2) is 4.26. The SMILES string of the molecule is CC(=O)C(C)n1c(C)c([N+](=O)[O-])ccc1=O. The number of hydrogen-bond donors (Lipinski definition) is 0. The van der Waals surface area contributed by atoms with Crippen LogP contribution in [0.4, 0.5) is 5.69 Å². The Morgan fingerprint density at radius 2 is 2.06 bits per heavy atom. The summed E-state index contributed by atoms with van der Waals surface area (Å²) in [5.74, 6) is -0.217. The van der Waals surface area contributed by atoms with Crippen molar-refractivity contribution in [3.05, 3.63) is 38.3 Å². The zero-order valence-corrected chi connectivity index (χ0v) is 9.26. The maximum Gasteiger partial charge on any atom is 0.288 e. The molecule has 0 bridgehead atoms. The third-order valence-electron chi connectivity index (χ3n) is 2.53. The summed E-state index contributed by atoms with van der Waals surface area (Å²) in [6.45, 7) is 4.34. The minimum absolute atomic E-state index is 0.160. The van der Waals surface area contributed by atoms with E-state index in [0.29, 0.717) is 0 Å². The zero-order chi connectivity index (χ0) is 12.5. The maximum atomic E-state index is 11.5. The van der Waals surface area contributed by atoms with E-state index < -0.39 is 16.5 Å². The van der Waals surface area contributed by atoms with Crippen LogP contribution in [0.15, 0.2) is 16.9 Å². The first-order valence-corrected chi connectivity index (χ1v) is 4.73. The van der Waals surface area contributed by atoms with E-state index in [1.807, 2.05) is 0 Å². The first-order valence-electron chi connectivity index (χ1n) is 4.73. The number of Topliss-reactive ketones (excluding diaryl/α,β-unsaturated/α-hetero) is 1. The topological polar surface area (TPSA) is 82.2 Å². The van der Waals surface area contributed by atoms with E-state index in [4.69, 9.17) is 0 Å². The Labute approximate surface area is 91.7 Å². The molecule has 0 fully saturated rings. The molecule has 1 aromatic rings. The molecular weight excluding hydrogens is 212 g/mol. The number of carbonyl (C=O) groups is 1. The van der Waals surface area contributed by atoms with Crippen molar-refractivity contribution < 1.29 is 9.72 Å². The van der Waals surface area contributed by atoms with Gasteiger partial charge in [-0.3, -0.25) is 24.3 Å². The van der Waals surface area contributed by atoms with E-state index in [9.17, 15) is 19.7 Å². The van der Waals surface area contributed by atoms with Crippen molar-refractivity contribution in [2.45, 2.75) is 26.8 Å². The molecule has 86 valence electrons. The van der Waals surface area contributed by atoms with Gasteiger partial charge in [0.25, 0.3) is 11.2 Å². The molecule has 0 aliphatic carbocycles. The molecule has 1 rings (SSSR count). The number of nitro groups is 1. The molecule has 0 spiro atoms. The van der Waals surface area contributed by atoms with Gasteiger partial charge in [0, 0.05) is 12.1 Å². The molecule has 1 aromatic heterocycles.